The average Bonchev–Trinajstić information content (AvgIpc) is 2.72. The van der Waals surface area contributed by atoms with Crippen LogP contribution >= 0.6 is 11.8 Å². The molecule has 162 valence electrons. The highest BCUT2D eigenvalue weighted by Crippen LogP contribution is 2.17. The molecule has 0 aromatic heterocycles. The van der Waals surface area contributed by atoms with Gasteiger partial charge in [-0.15, -0.1) is 11.8 Å². The molecule has 4 nitrogen and oxygen atoms in total. The Morgan fingerprint density at radius 3 is 2.20 bits per heavy atom. The Morgan fingerprint density at radius 2 is 1.60 bits per heavy atom. The molecule has 0 aliphatic rings. The molecule has 0 saturated carbocycles. The number of halogens is 1. The molecular formula is C24H31FN2O2S. The maximum Gasteiger partial charge on any atom is 0.242 e. The van der Waals surface area contributed by atoms with Crippen molar-refractivity contribution in [1.82, 2.24) is 10.2 Å². The van der Waals surface area contributed by atoms with Crippen LogP contribution in [-0.2, 0) is 21.9 Å². The molecule has 0 fully saturated rings. The van der Waals surface area contributed by atoms with E-state index in [2.05, 4.69) is 5.32 Å². The molecule has 0 aliphatic carbocycles. The zero-order valence-electron chi connectivity index (χ0n) is 18.2. The van der Waals surface area contributed by atoms with Gasteiger partial charge in [0.2, 0.25) is 11.8 Å². The van der Waals surface area contributed by atoms with Crippen molar-refractivity contribution in [3.8, 4) is 0 Å². The second-order valence-electron chi connectivity index (χ2n) is 7.94. The van der Waals surface area contributed by atoms with E-state index < -0.39 is 6.04 Å². The average molecular weight is 431 g/mol. The van der Waals surface area contributed by atoms with Gasteiger partial charge in [0.05, 0.1) is 5.75 Å². The summed E-state index contributed by atoms with van der Waals surface area (Å²) in [5.74, 6) is 0.699. The van der Waals surface area contributed by atoms with Crippen LogP contribution in [0.3, 0.4) is 0 Å². The van der Waals surface area contributed by atoms with Crippen molar-refractivity contribution >= 4 is 23.6 Å². The number of aryl methyl sites for hydroxylation is 1. The van der Waals surface area contributed by atoms with Gasteiger partial charge < -0.3 is 10.2 Å². The number of thioether (sulfide) groups is 1. The lowest BCUT2D eigenvalue weighted by atomic mass is 10.1. The molecule has 0 unspecified atom stereocenters. The second-order valence-corrected chi connectivity index (χ2v) is 8.93. The highest BCUT2D eigenvalue weighted by molar-refractivity contribution is 7.99. The molecule has 0 spiro atoms. The van der Waals surface area contributed by atoms with E-state index in [-0.39, 0.29) is 23.4 Å². The SMILES string of the molecule is Cc1ccc(CN(C(=O)CSCc2ccc(F)cc2)[C@H](C)C(=O)NCC(C)C)cc1. The van der Waals surface area contributed by atoms with Crippen LogP contribution in [-0.4, -0.2) is 35.1 Å². The largest absolute Gasteiger partial charge is 0.354 e. The summed E-state index contributed by atoms with van der Waals surface area (Å²) in [6.45, 7) is 8.81. The van der Waals surface area contributed by atoms with Crippen molar-refractivity contribution in [2.75, 3.05) is 12.3 Å². The van der Waals surface area contributed by atoms with Crippen molar-refractivity contribution < 1.29 is 14.0 Å². The second kappa shape index (κ2) is 11.7. The Morgan fingerprint density at radius 1 is 1.00 bits per heavy atom. The fourth-order valence-corrected chi connectivity index (χ4v) is 3.72. The first kappa shape index (κ1) is 23.9. The summed E-state index contributed by atoms with van der Waals surface area (Å²) < 4.78 is 13.0. The van der Waals surface area contributed by atoms with E-state index in [1.54, 1.807) is 24.0 Å². The van der Waals surface area contributed by atoms with Gasteiger partial charge in [0, 0.05) is 18.8 Å². The molecule has 1 N–H and O–H groups in total. The van der Waals surface area contributed by atoms with Crippen LogP contribution in [0.15, 0.2) is 48.5 Å². The molecule has 0 aliphatic heterocycles. The van der Waals surface area contributed by atoms with Gasteiger partial charge in [0.15, 0.2) is 0 Å². The summed E-state index contributed by atoms with van der Waals surface area (Å²) >= 11 is 1.46. The van der Waals surface area contributed by atoms with Crippen molar-refractivity contribution in [2.45, 2.75) is 46.0 Å². The first-order valence-electron chi connectivity index (χ1n) is 10.2. The van der Waals surface area contributed by atoms with Crippen LogP contribution in [0.2, 0.25) is 0 Å². The van der Waals surface area contributed by atoms with Gasteiger partial charge in [-0.05, 0) is 43.0 Å². The molecule has 0 bridgehead atoms. The lowest BCUT2D eigenvalue weighted by molar-refractivity contribution is -0.138. The third-order valence-corrected chi connectivity index (χ3v) is 5.72. The Bertz CT molecular complexity index is 822. The fraction of sp³-hybridized carbons (Fsp3) is 0.417. The number of amides is 2. The van der Waals surface area contributed by atoms with Crippen LogP contribution in [0.1, 0.15) is 37.5 Å². The molecule has 0 heterocycles. The normalized spacial score (nSPS) is 11.9. The minimum atomic E-state index is -0.566. The van der Waals surface area contributed by atoms with Crippen molar-refractivity contribution in [3.05, 3.63) is 71.0 Å². The van der Waals surface area contributed by atoms with Gasteiger partial charge in [0.1, 0.15) is 11.9 Å². The first-order valence-corrected chi connectivity index (χ1v) is 11.4. The molecule has 1 atom stereocenters. The molecule has 6 heteroatoms. The number of hydrogen-bond donors (Lipinski definition) is 1. The van der Waals surface area contributed by atoms with Crippen LogP contribution in [0.4, 0.5) is 4.39 Å². The first-order chi connectivity index (χ1) is 14.3. The predicted octanol–water partition coefficient (Wildman–Crippen LogP) is 4.56. The van der Waals surface area contributed by atoms with E-state index in [9.17, 15) is 14.0 Å². The van der Waals surface area contributed by atoms with Crippen LogP contribution in [0.25, 0.3) is 0 Å². The smallest absolute Gasteiger partial charge is 0.242 e. The van der Waals surface area contributed by atoms with Gasteiger partial charge in [-0.3, -0.25) is 9.59 Å². The third kappa shape index (κ3) is 7.82. The molecule has 2 amide bonds. The zero-order chi connectivity index (χ0) is 22.1. The van der Waals surface area contributed by atoms with Gasteiger partial charge >= 0.3 is 0 Å². The summed E-state index contributed by atoms with van der Waals surface area (Å²) in [6.07, 6.45) is 0. The minimum Gasteiger partial charge on any atom is -0.354 e. The molecule has 0 saturated heterocycles. The number of nitrogens with one attached hydrogen (secondary N) is 1. The Kier molecular flexibility index (Phi) is 9.37. The van der Waals surface area contributed by atoms with E-state index in [4.69, 9.17) is 0 Å². The van der Waals surface area contributed by atoms with Crippen LogP contribution in [0, 0.1) is 18.7 Å². The summed E-state index contributed by atoms with van der Waals surface area (Å²) in [7, 11) is 0. The molecule has 30 heavy (non-hydrogen) atoms. The number of hydrogen-bond acceptors (Lipinski definition) is 3. The summed E-state index contributed by atoms with van der Waals surface area (Å²) in [6, 6.07) is 13.7. The van der Waals surface area contributed by atoms with Gasteiger partial charge in [0.25, 0.3) is 0 Å². The maximum absolute atomic E-state index is 13.0. The van der Waals surface area contributed by atoms with Crippen molar-refractivity contribution in [3.63, 3.8) is 0 Å². The molecule has 2 aromatic rings. The fourth-order valence-electron chi connectivity index (χ4n) is 2.84. The number of carbonyl (C=O) groups excluding carboxylic acids is 2. The predicted molar refractivity (Wildman–Crippen MR) is 122 cm³/mol. The number of benzene rings is 2. The summed E-state index contributed by atoms with van der Waals surface area (Å²) in [5, 5.41) is 2.92. The molecule has 0 radical (unpaired) electrons. The summed E-state index contributed by atoms with van der Waals surface area (Å²) in [5.41, 5.74) is 3.09. The number of carbonyl (C=O) groups is 2. The molecule has 2 rings (SSSR count). The van der Waals surface area contributed by atoms with Gasteiger partial charge in [-0.1, -0.05) is 55.8 Å². The zero-order valence-corrected chi connectivity index (χ0v) is 19.0. The highest BCUT2D eigenvalue weighted by atomic mass is 32.2. The Balaban J connectivity index is 2.04. The molecule has 2 aromatic carbocycles. The highest BCUT2D eigenvalue weighted by Gasteiger charge is 2.26. The summed E-state index contributed by atoms with van der Waals surface area (Å²) in [4.78, 5) is 27.3. The van der Waals surface area contributed by atoms with Crippen molar-refractivity contribution in [2.24, 2.45) is 5.92 Å². The topological polar surface area (TPSA) is 49.4 Å². The quantitative estimate of drug-likeness (QED) is 0.601. The van der Waals surface area contributed by atoms with Crippen LogP contribution < -0.4 is 5.32 Å². The van der Waals surface area contributed by atoms with Crippen molar-refractivity contribution in [1.29, 1.82) is 0 Å². The van der Waals surface area contributed by atoms with Crippen LogP contribution in [0.5, 0.6) is 0 Å². The Labute approximate surface area is 183 Å². The minimum absolute atomic E-state index is 0.0881. The maximum atomic E-state index is 13.0. The van der Waals surface area contributed by atoms with E-state index >= 15 is 0 Å². The molecular weight excluding hydrogens is 399 g/mol. The van der Waals surface area contributed by atoms with E-state index in [1.807, 2.05) is 45.0 Å². The number of nitrogens with zero attached hydrogens (tertiary/aromatic N) is 1. The van der Waals surface area contributed by atoms with E-state index in [1.165, 1.54) is 23.9 Å². The van der Waals surface area contributed by atoms with E-state index in [0.29, 0.717) is 24.8 Å². The van der Waals surface area contributed by atoms with E-state index in [0.717, 1.165) is 16.7 Å². The standard InChI is InChI=1S/C24H31FN2O2S/c1-17(2)13-26-24(29)19(4)27(14-20-7-5-18(3)6-8-20)23(28)16-30-15-21-9-11-22(25)12-10-21/h5-12,17,19H,13-16H2,1-4H3,(H,26,29)/t19-/m1/s1. The lowest BCUT2D eigenvalue weighted by Crippen LogP contribution is -2.48. The number of rotatable bonds is 10. The third-order valence-electron chi connectivity index (χ3n) is 4.73. The van der Waals surface area contributed by atoms with Gasteiger partial charge in [-0.25, -0.2) is 4.39 Å². The van der Waals surface area contributed by atoms with Gasteiger partial charge in [-0.2, -0.15) is 0 Å². The monoisotopic (exact) mass is 430 g/mol. The lowest BCUT2D eigenvalue weighted by Gasteiger charge is -2.29. The Hall–Kier alpha value is -2.34.